The molecule has 0 aliphatic carbocycles. The van der Waals surface area contributed by atoms with Crippen LogP contribution in [0.2, 0.25) is 5.02 Å². The number of hydrogen-bond acceptors (Lipinski definition) is 4. The first kappa shape index (κ1) is 18.5. The van der Waals surface area contributed by atoms with E-state index in [0.29, 0.717) is 48.0 Å². The van der Waals surface area contributed by atoms with Crippen LogP contribution < -0.4 is 10.1 Å². The molecule has 7 heteroatoms. The lowest BCUT2D eigenvalue weighted by molar-refractivity contribution is -0.115. The topological polar surface area (TPSA) is 71.0 Å². The molecule has 28 heavy (non-hydrogen) atoms. The number of ether oxygens (including phenoxy) is 1. The van der Waals surface area contributed by atoms with Gasteiger partial charge in [-0.15, -0.1) is 0 Å². The third-order valence-electron chi connectivity index (χ3n) is 5.21. The zero-order valence-electron chi connectivity index (χ0n) is 15.4. The Morgan fingerprint density at radius 3 is 2.64 bits per heavy atom. The van der Waals surface area contributed by atoms with Crippen LogP contribution in [0.15, 0.2) is 53.5 Å². The summed E-state index contributed by atoms with van der Waals surface area (Å²) in [6.45, 7) is 0.998. The highest BCUT2D eigenvalue weighted by atomic mass is 35.5. The molecule has 1 saturated heterocycles. The van der Waals surface area contributed by atoms with Gasteiger partial charge in [0.2, 0.25) is 0 Å². The molecule has 1 spiro atoms. The van der Waals surface area contributed by atoms with E-state index in [1.165, 1.54) is 0 Å². The van der Waals surface area contributed by atoms with Gasteiger partial charge in [-0.05, 0) is 24.3 Å². The fourth-order valence-corrected chi connectivity index (χ4v) is 3.87. The fourth-order valence-electron chi connectivity index (χ4n) is 3.65. The number of likely N-dealkylation sites (tertiary alicyclic amines) is 1. The molecule has 0 radical (unpaired) electrons. The van der Waals surface area contributed by atoms with Crippen molar-refractivity contribution in [2.75, 3.05) is 20.2 Å². The van der Waals surface area contributed by atoms with Gasteiger partial charge in [-0.3, -0.25) is 14.6 Å². The Hall–Kier alpha value is -2.86. The van der Waals surface area contributed by atoms with Crippen LogP contribution in [-0.2, 0) is 4.79 Å². The maximum absolute atomic E-state index is 12.7. The zero-order chi connectivity index (χ0) is 19.7. The van der Waals surface area contributed by atoms with Crippen molar-refractivity contribution in [2.24, 2.45) is 4.99 Å². The van der Waals surface area contributed by atoms with E-state index in [2.05, 4.69) is 5.32 Å². The summed E-state index contributed by atoms with van der Waals surface area (Å²) in [6, 6.07) is 14.3. The molecule has 1 fully saturated rings. The smallest absolute Gasteiger partial charge is 0.272 e. The number of rotatable bonds is 3. The standard InChI is InChI=1S/C21H20ClN3O3/c1-28-15-6-4-5-14(13-15)18-19(26)24-21(23-18)9-11-25(12-10-21)20(27)16-7-2-3-8-17(16)22/h2-8,13H,9-12H2,1H3,(H,24,26). The molecular formula is C21H20ClN3O3. The van der Waals surface area contributed by atoms with E-state index in [-0.39, 0.29) is 11.8 Å². The van der Waals surface area contributed by atoms with Gasteiger partial charge in [0.25, 0.3) is 11.8 Å². The summed E-state index contributed by atoms with van der Waals surface area (Å²) in [4.78, 5) is 31.8. The molecule has 2 aromatic carbocycles. The van der Waals surface area contributed by atoms with Crippen molar-refractivity contribution in [1.29, 1.82) is 0 Å². The van der Waals surface area contributed by atoms with Gasteiger partial charge in [-0.25, -0.2) is 0 Å². The van der Waals surface area contributed by atoms with E-state index in [4.69, 9.17) is 21.3 Å². The Morgan fingerprint density at radius 2 is 1.93 bits per heavy atom. The maximum atomic E-state index is 12.7. The first-order chi connectivity index (χ1) is 13.5. The molecule has 2 aliphatic heterocycles. The average Bonchev–Trinajstić information content (AvgIpc) is 3.04. The highest BCUT2D eigenvalue weighted by molar-refractivity contribution is 6.47. The lowest BCUT2D eigenvalue weighted by atomic mass is 9.97. The normalized spacial score (nSPS) is 18.0. The summed E-state index contributed by atoms with van der Waals surface area (Å²) in [5.41, 5.74) is 0.969. The molecule has 2 heterocycles. The molecule has 0 unspecified atom stereocenters. The van der Waals surface area contributed by atoms with Gasteiger partial charge in [0.05, 0.1) is 17.7 Å². The van der Waals surface area contributed by atoms with Gasteiger partial charge < -0.3 is 15.0 Å². The average molecular weight is 398 g/mol. The van der Waals surface area contributed by atoms with Gasteiger partial charge in [0.15, 0.2) is 0 Å². The number of carbonyl (C=O) groups excluding carboxylic acids is 2. The minimum atomic E-state index is -0.660. The minimum Gasteiger partial charge on any atom is -0.497 e. The minimum absolute atomic E-state index is 0.0956. The first-order valence-electron chi connectivity index (χ1n) is 9.12. The Balaban J connectivity index is 1.51. The first-order valence-corrected chi connectivity index (χ1v) is 9.50. The summed E-state index contributed by atoms with van der Waals surface area (Å²) < 4.78 is 5.24. The second-order valence-electron chi connectivity index (χ2n) is 6.95. The summed E-state index contributed by atoms with van der Waals surface area (Å²) in [6.07, 6.45) is 1.12. The molecular weight excluding hydrogens is 378 g/mol. The number of methoxy groups -OCH3 is 1. The number of benzene rings is 2. The quantitative estimate of drug-likeness (QED) is 0.865. The summed E-state index contributed by atoms with van der Waals surface area (Å²) in [7, 11) is 1.59. The summed E-state index contributed by atoms with van der Waals surface area (Å²) >= 11 is 6.15. The third-order valence-corrected chi connectivity index (χ3v) is 5.54. The van der Waals surface area contributed by atoms with E-state index in [1.807, 2.05) is 18.2 Å². The summed E-state index contributed by atoms with van der Waals surface area (Å²) in [5.74, 6) is 0.384. The monoisotopic (exact) mass is 397 g/mol. The zero-order valence-corrected chi connectivity index (χ0v) is 16.2. The second kappa shape index (κ2) is 7.28. The van der Waals surface area contributed by atoms with Gasteiger partial charge in [-0.1, -0.05) is 35.9 Å². The van der Waals surface area contributed by atoms with Crippen molar-refractivity contribution in [1.82, 2.24) is 10.2 Å². The van der Waals surface area contributed by atoms with Gasteiger partial charge >= 0.3 is 0 Å². The number of carbonyl (C=O) groups is 2. The highest BCUT2D eigenvalue weighted by Gasteiger charge is 2.43. The second-order valence-corrected chi connectivity index (χ2v) is 7.36. The van der Waals surface area contributed by atoms with Crippen LogP contribution in [0, 0.1) is 0 Å². The Kier molecular flexibility index (Phi) is 4.81. The molecule has 2 amide bonds. The van der Waals surface area contributed by atoms with Crippen molar-refractivity contribution < 1.29 is 14.3 Å². The third kappa shape index (κ3) is 3.36. The van der Waals surface area contributed by atoms with E-state index in [1.54, 1.807) is 42.3 Å². The lowest BCUT2D eigenvalue weighted by Gasteiger charge is -2.37. The Morgan fingerprint density at radius 1 is 1.18 bits per heavy atom. The molecule has 6 nitrogen and oxygen atoms in total. The molecule has 0 atom stereocenters. The Bertz CT molecular complexity index is 965. The summed E-state index contributed by atoms with van der Waals surface area (Å²) in [5, 5.41) is 3.46. The molecule has 0 saturated carbocycles. The van der Waals surface area contributed by atoms with Crippen LogP contribution in [0.3, 0.4) is 0 Å². The number of hydrogen-bond donors (Lipinski definition) is 1. The largest absolute Gasteiger partial charge is 0.497 e. The number of amides is 2. The van der Waals surface area contributed by atoms with Crippen LogP contribution in [0.4, 0.5) is 0 Å². The fraction of sp³-hybridized carbons (Fsp3) is 0.286. The number of nitrogens with zero attached hydrogens (tertiary/aromatic N) is 2. The van der Waals surface area contributed by atoms with Crippen molar-refractivity contribution in [3.05, 3.63) is 64.7 Å². The maximum Gasteiger partial charge on any atom is 0.272 e. The van der Waals surface area contributed by atoms with Crippen molar-refractivity contribution in [3.8, 4) is 5.75 Å². The SMILES string of the molecule is COc1cccc(C2=NC3(CCN(C(=O)c4ccccc4Cl)CC3)NC2=O)c1. The van der Waals surface area contributed by atoms with Crippen molar-refractivity contribution in [3.63, 3.8) is 0 Å². The van der Waals surface area contributed by atoms with Crippen LogP contribution in [0.25, 0.3) is 0 Å². The molecule has 1 N–H and O–H groups in total. The van der Waals surface area contributed by atoms with Gasteiger partial charge in [0, 0.05) is 31.5 Å². The molecule has 2 aliphatic rings. The molecule has 2 aromatic rings. The van der Waals surface area contributed by atoms with E-state index in [9.17, 15) is 9.59 Å². The van der Waals surface area contributed by atoms with E-state index >= 15 is 0 Å². The van der Waals surface area contributed by atoms with E-state index < -0.39 is 5.66 Å². The molecule has 0 aromatic heterocycles. The molecule has 0 bridgehead atoms. The number of halogens is 1. The van der Waals surface area contributed by atoms with Crippen LogP contribution in [0.1, 0.15) is 28.8 Å². The number of aliphatic imine (C=N–C) groups is 1. The lowest BCUT2D eigenvalue weighted by Crippen LogP contribution is -2.52. The predicted molar refractivity (Wildman–Crippen MR) is 107 cm³/mol. The number of piperidine rings is 1. The molecule has 4 rings (SSSR count). The predicted octanol–water partition coefficient (Wildman–Crippen LogP) is 2.90. The van der Waals surface area contributed by atoms with Crippen LogP contribution in [0.5, 0.6) is 5.75 Å². The van der Waals surface area contributed by atoms with Crippen molar-refractivity contribution >= 4 is 29.1 Å². The Labute approximate surface area is 168 Å². The molecule has 144 valence electrons. The van der Waals surface area contributed by atoms with Crippen LogP contribution >= 0.6 is 11.6 Å². The van der Waals surface area contributed by atoms with Crippen molar-refractivity contribution in [2.45, 2.75) is 18.5 Å². The highest BCUT2D eigenvalue weighted by Crippen LogP contribution is 2.30. The van der Waals surface area contributed by atoms with E-state index in [0.717, 1.165) is 5.56 Å². The van der Waals surface area contributed by atoms with Gasteiger partial charge in [-0.2, -0.15) is 0 Å². The van der Waals surface area contributed by atoms with Gasteiger partial charge in [0.1, 0.15) is 17.1 Å². The van der Waals surface area contributed by atoms with Crippen LogP contribution in [-0.4, -0.2) is 48.3 Å². The number of nitrogens with one attached hydrogen (secondary N) is 1.